The Balaban J connectivity index is 2.32. The van der Waals surface area contributed by atoms with Crippen molar-refractivity contribution < 1.29 is 4.39 Å². The highest BCUT2D eigenvalue weighted by atomic mass is 19.1. The Morgan fingerprint density at radius 3 is 2.88 bits per heavy atom. The van der Waals surface area contributed by atoms with E-state index >= 15 is 0 Å². The molecule has 0 spiro atoms. The molecular formula is C7H11F. The van der Waals surface area contributed by atoms with Crippen molar-refractivity contribution in [2.45, 2.75) is 19.3 Å². The van der Waals surface area contributed by atoms with Crippen LogP contribution in [0.25, 0.3) is 0 Å². The third kappa shape index (κ3) is 1.32. The van der Waals surface area contributed by atoms with Gasteiger partial charge in [-0.3, -0.25) is 4.39 Å². The minimum absolute atomic E-state index is 0.170. The molecule has 0 saturated carbocycles. The lowest BCUT2D eigenvalue weighted by Gasteiger charge is -2.10. The molecule has 0 N–H and O–H groups in total. The number of rotatable bonds is 1. The van der Waals surface area contributed by atoms with Gasteiger partial charge in [0.25, 0.3) is 0 Å². The van der Waals surface area contributed by atoms with Gasteiger partial charge in [0.1, 0.15) is 0 Å². The lowest BCUT2D eigenvalue weighted by molar-refractivity contribution is 0.381. The van der Waals surface area contributed by atoms with E-state index in [1.807, 2.05) is 6.08 Å². The molecule has 0 fully saturated rings. The van der Waals surface area contributed by atoms with Crippen molar-refractivity contribution in [1.82, 2.24) is 0 Å². The zero-order valence-electron chi connectivity index (χ0n) is 4.94. The van der Waals surface area contributed by atoms with Crippen molar-refractivity contribution in [3.05, 3.63) is 12.2 Å². The second kappa shape index (κ2) is 2.85. The van der Waals surface area contributed by atoms with E-state index in [0.717, 1.165) is 12.8 Å². The molecular weight excluding hydrogens is 103 g/mol. The minimum atomic E-state index is -0.170. The van der Waals surface area contributed by atoms with Gasteiger partial charge in [0, 0.05) is 5.92 Å². The fourth-order valence-electron chi connectivity index (χ4n) is 1.01. The van der Waals surface area contributed by atoms with E-state index in [9.17, 15) is 4.39 Å². The number of allylic oxidation sites excluding steroid dienone is 2. The quantitative estimate of drug-likeness (QED) is 0.459. The lowest BCUT2D eigenvalue weighted by atomic mass is 9.97. The van der Waals surface area contributed by atoms with E-state index in [1.54, 1.807) is 0 Å². The largest absolute Gasteiger partial charge is 0.250 e. The summed E-state index contributed by atoms with van der Waals surface area (Å²) >= 11 is 0. The molecule has 0 aromatic rings. The molecule has 0 amide bonds. The fraction of sp³-hybridized carbons (Fsp3) is 0.714. The molecule has 0 aromatic carbocycles. The van der Waals surface area contributed by atoms with Crippen molar-refractivity contribution in [2.75, 3.05) is 6.67 Å². The van der Waals surface area contributed by atoms with Gasteiger partial charge in [-0.2, -0.15) is 0 Å². The van der Waals surface area contributed by atoms with Crippen LogP contribution in [0.5, 0.6) is 0 Å². The Hall–Kier alpha value is -0.330. The van der Waals surface area contributed by atoms with Gasteiger partial charge in [-0.25, -0.2) is 0 Å². The van der Waals surface area contributed by atoms with Gasteiger partial charge in [0.15, 0.2) is 0 Å². The topological polar surface area (TPSA) is 0 Å². The van der Waals surface area contributed by atoms with Gasteiger partial charge in [-0.05, 0) is 19.3 Å². The van der Waals surface area contributed by atoms with Crippen LogP contribution in [0.1, 0.15) is 19.3 Å². The molecule has 46 valence electrons. The Bertz CT molecular complexity index is 86.4. The fourth-order valence-corrected chi connectivity index (χ4v) is 1.01. The van der Waals surface area contributed by atoms with E-state index < -0.39 is 0 Å². The highest BCUT2D eigenvalue weighted by Crippen LogP contribution is 2.16. The molecule has 1 heteroatoms. The zero-order chi connectivity index (χ0) is 5.82. The summed E-state index contributed by atoms with van der Waals surface area (Å²) in [5.74, 6) is 0.240. The van der Waals surface area contributed by atoms with Gasteiger partial charge in [-0.15, -0.1) is 0 Å². The van der Waals surface area contributed by atoms with Crippen LogP contribution in [-0.2, 0) is 0 Å². The van der Waals surface area contributed by atoms with Gasteiger partial charge >= 0.3 is 0 Å². The first kappa shape index (κ1) is 5.80. The van der Waals surface area contributed by atoms with Crippen LogP contribution in [-0.4, -0.2) is 6.67 Å². The molecule has 1 aliphatic carbocycles. The van der Waals surface area contributed by atoms with E-state index in [2.05, 4.69) is 6.08 Å². The number of alkyl halides is 1. The van der Waals surface area contributed by atoms with Crippen molar-refractivity contribution in [1.29, 1.82) is 0 Å². The molecule has 0 bridgehead atoms. The molecule has 1 unspecified atom stereocenters. The Kier molecular flexibility index (Phi) is 2.07. The maximum Gasteiger partial charge on any atom is 0.0956 e. The number of hydrogen-bond donors (Lipinski definition) is 0. The molecule has 1 aliphatic rings. The van der Waals surface area contributed by atoms with E-state index in [0.29, 0.717) is 0 Å². The summed E-state index contributed by atoms with van der Waals surface area (Å²) in [6.07, 6.45) is 7.44. The molecule has 1 rings (SSSR count). The summed E-state index contributed by atoms with van der Waals surface area (Å²) in [6.45, 7) is -0.170. The predicted octanol–water partition coefficient (Wildman–Crippen LogP) is 2.31. The molecule has 0 aliphatic heterocycles. The second-order valence-corrected chi connectivity index (χ2v) is 2.27. The van der Waals surface area contributed by atoms with Crippen LogP contribution in [0.15, 0.2) is 12.2 Å². The number of halogens is 1. The van der Waals surface area contributed by atoms with Gasteiger partial charge in [0.05, 0.1) is 6.67 Å². The smallest absolute Gasteiger partial charge is 0.0956 e. The van der Waals surface area contributed by atoms with Crippen molar-refractivity contribution in [2.24, 2.45) is 5.92 Å². The molecule has 0 nitrogen and oxygen atoms in total. The summed E-state index contributed by atoms with van der Waals surface area (Å²) in [4.78, 5) is 0. The standard InChI is InChI=1S/C7H11F/c8-6-7-4-2-1-3-5-7/h2,4,7H,1,3,5-6H2. The molecule has 0 aromatic heterocycles. The second-order valence-electron chi connectivity index (χ2n) is 2.27. The highest BCUT2D eigenvalue weighted by molar-refractivity contribution is 4.92. The van der Waals surface area contributed by atoms with Gasteiger partial charge in [0.2, 0.25) is 0 Å². The average Bonchev–Trinajstić information content (AvgIpc) is 1.90. The molecule has 1 atom stereocenters. The van der Waals surface area contributed by atoms with Crippen molar-refractivity contribution >= 4 is 0 Å². The minimum Gasteiger partial charge on any atom is -0.250 e. The first-order chi connectivity index (χ1) is 3.93. The Morgan fingerprint density at radius 2 is 2.50 bits per heavy atom. The Labute approximate surface area is 49.4 Å². The summed E-state index contributed by atoms with van der Waals surface area (Å²) in [7, 11) is 0. The average molecular weight is 114 g/mol. The monoisotopic (exact) mass is 114 g/mol. The van der Waals surface area contributed by atoms with Crippen LogP contribution in [0.2, 0.25) is 0 Å². The molecule has 0 radical (unpaired) electrons. The third-order valence-electron chi connectivity index (χ3n) is 1.55. The first-order valence-corrected chi connectivity index (χ1v) is 3.16. The van der Waals surface area contributed by atoms with Gasteiger partial charge < -0.3 is 0 Å². The molecule has 8 heavy (non-hydrogen) atoms. The molecule has 0 saturated heterocycles. The van der Waals surface area contributed by atoms with Crippen LogP contribution >= 0.6 is 0 Å². The summed E-state index contributed by atoms with van der Waals surface area (Å²) in [5, 5.41) is 0. The number of hydrogen-bond acceptors (Lipinski definition) is 0. The van der Waals surface area contributed by atoms with Crippen LogP contribution in [0, 0.1) is 5.92 Å². The Morgan fingerprint density at radius 1 is 1.62 bits per heavy atom. The zero-order valence-corrected chi connectivity index (χ0v) is 4.94. The first-order valence-electron chi connectivity index (χ1n) is 3.16. The van der Waals surface area contributed by atoms with E-state index in [4.69, 9.17) is 0 Å². The highest BCUT2D eigenvalue weighted by Gasteiger charge is 2.05. The van der Waals surface area contributed by atoms with Gasteiger partial charge in [-0.1, -0.05) is 12.2 Å². The normalized spacial score (nSPS) is 28.4. The summed E-state index contributed by atoms with van der Waals surface area (Å²) < 4.78 is 11.8. The predicted molar refractivity (Wildman–Crippen MR) is 32.5 cm³/mol. The van der Waals surface area contributed by atoms with Crippen LogP contribution in [0.4, 0.5) is 4.39 Å². The third-order valence-corrected chi connectivity index (χ3v) is 1.55. The summed E-state index contributed by atoms with van der Waals surface area (Å²) in [5.41, 5.74) is 0. The lowest BCUT2D eigenvalue weighted by Crippen LogP contribution is -2.01. The maximum atomic E-state index is 11.8. The van der Waals surface area contributed by atoms with Crippen LogP contribution < -0.4 is 0 Å². The SMILES string of the molecule is FCC1C=CCCC1. The molecule has 0 heterocycles. The van der Waals surface area contributed by atoms with E-state index in [1.165, 1.54) is 6.42 Å². The van der Waals surface area contributed by atoms with Crippen LogP contribution in [0.3, 0.4) is 0 Å². The van der Waals surface area contributed by atoms with Crippen molar-refractivity contribution in [3.63, 3.8) is 0 Å². The summed E-state index contributed by atoms with van der Waals surface area (Å²) in [6, 6.07) is 0. The maximum absolute atomic E-state index is 11.8. The van der Waals surface area contributed by atoms with Crippen molar-refractivity contribution in [3.8, 4) is 0 Å². The van der Waals surface area contributed by atoms with E-state index in [-0.39, 0.29) is 12.6 Å².